The third-order valence-electron chi connectivity index (χ3n) is 2.25. The van der Waals surface area contributed by atoms with Gasteiger partial charge in [-0.3, -0.25) is 0 Å². The quantitative estimate of drug-likeness (QED) is 0.851. The molecule has 0 aliphatic heterocycles. The van der Waals surface area contributed by atoms with Crippen LogP contribution in [0.1, 0.15) is 18.1 Å². The van der Waals surface area contributed by atoms with E-state index in [0.29, 0.717) is 23.1 Å². The van der Waals surface area contributed by atoms with E-state index in [-0.39, 0.29) is 0 Å². The first-order chi connectivity index (χ1) is 7.71. The van der Waals surface area contributed by atoms with E-state index in [0.717, 1.165) is 11.3 Å². The summed E-state index contributed by atoms with van der Waals surface area (Å²) >= 11 is 1.79. The molecule has 16 heavy (non-hydrogen) atoms. The lowest BCUT2D eigenvalue weighted by Gasteiger charge is -2.09. The van der Waals surface area contributed by atoms with Crippen molar-refractivity contribution >= 4 is 11.8 Å². The summed E-state index contributed by atoms with van der Waals surface area (Å²) in [5, 5.41) is 9.38. The lowest BCUT2D eigenvalue weighted by molar-refractivity contribution is 0.413. The second-order valence-corrected chi connectivity index (χ2v) is 4.93. The maximum atomic E-state index is 8.94. The number of hydrogen-bond acceptors (Lipinski definition) is 4. The molecule has 0 amide bonds. The third-order valence-corrected chi connectivity index (χ3v) is 3.51. The Hall–Kier alpha value is -1.18. The molecule has 0 fully saturated rings. The van der Waals surface area contributed by atoms with Crippen molar-refractivity contribution in [1.29, 1.82) is 5.26 Å². The van der Waals surface area contributed by atoms with Crippen LogP contribution in [0.15, 0.2) is 18.2 Å². The smallest absolute Gasteiger partial charge is 0.136 e. The Balaban J connectivity index is 2.72. The van der Waals surface area contributed by atoms with Crippen molar-refractivity contribution in [2.24, 2.45) is 5.73 Å². The summed E-state index contributed by atoms with van der Waals surface area (Å²) in [7, 11) is 1.57. The number of methoxy groups -OCH3 is 1. The molecular weight excluding hydrogens is 220 g/mol. The summed E-state index contributed by atoms with van der Waals surface area (Å²) < 4.78 is 5.09. The highest BCUT2D eigenvalue weighted by Gasteiger charge is 2.05. The van der Waals surface area contributed by atoms with Gasteiger partial charge in [0.15, 0.2) is 0 Å². The fourth-order valence-electron chi connectivity index (χ4n) is 1.24. The molecular formula is C12H16N2OS. The molecule has 2 N–H and O–H groups in total. The van der Waals surface area contributed by atoms with E-state index < -0.39 is 0 Å². The van der Waals surface area contributed by atoms with E-state index >= 15 is 0 Å². The molecule has 4 heteroatoms. The second kappa shape index (κ2) is 6.41. The molecule has 0 spiro atoms. The fourth-order valence-corrected chi connectivity index (χ4v) is 2.03. The van der Waals surface area contributed by atoms with E-state index in [1.165, 1.54) is 0 Å². The van der Waals surface area contributed by atoms with Gasteiger partial charge in [-0.05, 0) is 17.7 Å². The zero-order valence-electron chi connectivity index (χ0n) is 9.56. The monoisotopic (exact) mass is 236 g/mol. The van der Waals surface area contributed by atoms with Crippen molar-refractivity contribution in [3.63, 3.8) is 0 Å². The zero-order valence-corrected chi connectivity index (χ0v) is 10.4. The van der Waals surface area contributed by atoms with Crippen LogP contribution in [0.4, 0.5) is 0 Å². The van der Waals surface area contributed by atoms with Crippen molar-refractivity contribution in [3.8, 4) is 11.8 Å². The van der Waals surface area contributed by atoms with Crippen LogP contribution in [0.3, 0.4) is 0 Å². The average molecular weight is 236 g/mol. The highest BCUT2D eigenvalue weighted by atomic mass is 32.2. The molecule has 0 aromatic heterocycles. The minimum absolute atomic E-state index is 0.438. The molecule has 1 atom stereocenters. The van der Waals surface area contributed by atoms with Crippen molar-refractivity contribution < 1.29 is 4.74 Å². The number of benzene rings is 1. The van der Waals surface area contributed by atoms with Gasteiger partial charge < -0.3 is 10.5 Å². The molecule has 0 aliphatic rings. The van der Waals surface area contributed by atoms with Gasteiger partial charge in [-0.2, -0.15) is 17.0 Å². The lowest BCUT2D eigenvalue weighted by atomic mass is 10.1. The molecule has 0 saturated carbocycles. The van der Waals surface area contributed by atoms with Crippen LogP contribution >= 0.6 is 11.8 Å². The predicted molar refractivity (Wildman–Crippen MR) is 67.5 cm³/mol. The summed E-state index contributed by atoms with van der Waals surface area (Å²) in [4.78, 5) is 0. The van der Waals surface area contributed by atoms with Gasteiger partial charge in [0.05, 0.1) is 12.7 Å². The van der Waals surface area contributed by atoms with E-state index in [1.807, 2.05) is 18.2 Å². The number of rotatable bonds is 5. The summed E-state index contributed by atoms with van der Waals surface area (Å²) in [6.07, 6.45) is 0. The number of hydrogen-bond donors (Lipinski definition) is 1. The van der Waals surface area contributed by atoms with Crippen molar-refractivity contribution in [2.45, 2.75) is 17.9 Å². The molecule has 0 aliphatic carbocycles. The molecule has 86 valence electrons. The lowest BCUT2D eigenvalue weighted by Crippen LogP contribution is -2.12. The number of thioether (sulfide) groups is 1. The standard InChI is InChI=1S/C12H16N2OS/c1-9(6-13)16-8-10-3-4-12(15-2)11(5-10)7-14/h3-5,9H,6,8,13H2,1-2H3. The third kappa shape index (κ3) is 3.44. The number of nitrogens with two attached hydrogens (primary N) is 1. The Bertz CT molecular complexity index is 387. The Morgan fingerprint density at radius 1 is 1.56 bits per heavy atom. The molecule has 1 aromatic rings. The fraction of sp³-hybridized carbons (Fsp3) is 0.417. The Labute approximate surface area is 101 Å². The van der Waals surface area contributed by atoms with Crippen LogP contribution in [0, 0.1) is 11.3 Å². The molecule has 0 radical (unpaired) electrons. The minimum atomic E-state index is 0.438. The van der Waals surface area contributed by atoms with E-state index in [4.69, 9.17) is 15.7 Å². The van der Waals surface area contributed by atoms with Crippen LogP contribution in [-0.2, 0) is 5.75 Å². The number of nitrogens with zero attached hydrogens (tertiary/aromatic N) is 1. The molecule has 1 unspecified atom stereocenters. The van der Waals surface area contributed by atoms with Crippen LogP contribution < -0.4 is 10.5 Å². The average Bonchev–Trinajstić information content (AvgIpc) is 2.35. The normalized spacial score (nSPS) is 11.9. The van der Waals surface area contributed by atoms with E-state index in [1.54, 1.807) is 18.9 Å². The van der Waals surface area contributed by atoms with Gasteiger partial charge in [0, 0.05) is 17.5 Å². The van der Waals surface area contributed by atoms with Gasteiger partial charge in [0.2, 0.25) is 0 Å². The maximum Gasteiger partial charge on any atom is 0.136 e. The van der Waals surface area contributed by atoms with Crippen molar-refractivity contribution in [1.82, 2.24) is 0 Å². The summed E-state index contributed by atoms with van der Waals surface area (Å²) in [5.74, 6) is 1.50. The summed E-state index contributed by atoms with van der Waals surface area (Å²) in [6.45, 7) is 2.77. The van der Waals surface area contributed by atoms with Crippen molar-refractivity contribution in [2.75, 3.05) is 13.7 Å². The van der Waals surface area contributed by atoms with Gasteiger partial charge in [-0.15, -0.1) is 0 Å². The molecule has 1 rings (SSSR count). The summed E-state index contributed by atoms with van der Waals surface area (Å²) in [6, 6.07) is 7.82. The van der Waals surface area contributed by atoms with Crippen LogP contribution in [0.2, 0.25) is 0 Å². The molecule has 1 aromatic carbocycles. The van der Waals surface area contributed by atoms with Gasteiger partial charge in [-0.1, -0.05) is 13.0 Å². The van der Waals surface area contributed by atoms with Gasteiger partial charge in [0.25, 0.3) is 0 Å². The van der Waals surface area contributed by atoms with Crippen molar-refractivity contribution in [3.05, 3.63) is 29.3 Å². The van der Waals surface area contributed by atoms with Gasteiger partial charge >= 0.3 is 0 Å². The van der Waals surface area contributed by atoms with Crippen LogP contribution in [0.25, 0.3) is 0 Å². The Kier molecular flexibility index (Phi) is 5.17. The zero-order chi connectivity index (χ0) is 12.0. The SMILES string of the molecule is COc1ccc(CSC(C)CN)cc1C#N. The number of nitriles is 1. The van der Waals surface area contributed by atoms with Crippen LogP contribution in [0.5, 0.6) is 5.75 Å². The molecule has 0 bridgehead atoms. The van der Waals surface area contributed by atoms with Crippen LogP contribution in [-0.4, -0.2) is 18.9 Å². The number of ether oxygens (including phenoxy) is 1. The highest BCUT2D eigenvalue weighted by molar-refractivity contribution is 7.99. The highest BCUT2D eigenvalue weighted by Crippen LogP contribution is 2.23. The van der Waals surface area contributed by atoms with E-state index in [9.17, 15) is 0 Å². The predicted octanol–water partition coefficient (Wildman–Crippen LogP) is 2.15. The second-order valence-electron chi connectivity index (χ2n) is 3.50. The first-order valence-corrected chi connectivity index (χ1v) is 6.14. The first-order valence-electron chi connectivity index (χ1n) is 5.10. The first kappa shape index (κ1) is 12.9. The molecule has 3 nitrogen and oxygen atoms in total. The van der Waals surface area contributed by atoms with E-state index in [2.05, 4.69) is 13.0 Å². The largest absolute Gasteiger partial charge is 0.495 e. The Morgan fingerprint density at radius 2 is 2.31 bits per heavy atom. The minimum Gasteiger partial charge on any atom is -0.495 e. The van der Waals surface area contributed by atoms with Gasteiger partial charge in [0.1, 0.15) is 11.8 Å². The maximum absolute atomic E-state index is 8.94. The molecule has 0 heterocycles. The topological polar surface area (TPSA) is 59.0 Å². The Morgan fingerprint density at radius 3 is 2.88 bits per heavy atom. The molecule has 0 saturated heterocycles. The summed E-state index contributed by atoms with van der Waals surface area (Å²) in [5.41, 5.74) is 7.26. The van der Waals surface area contributed by atoms with Gasteiger partial charge in [-0.25, -0.2) is 0 Å².